The average Bonchev–Trinajstić information content (AvgIpc) is 2.90. The summed E-state index contributed by atoms with van der Waals surface area (Å²) in [7, 11) is 0. The molecule has 0 aromatic carbocycles. The highest BCUT2D eigenvalue weighted by molar-refractivity contribution is 5.88. The third-order valence-corrected chi connectivity index (χ3v) is 5.50. The number of hydrogen-bond donors (Lipinski definition) is 2. The topological polar surface area (TPSA) is 99.2 Å². The van der Waals surface area contributed by atoms with E-state index in [2.05, 4.69) is 10.2 Å². The molecule has 3 aliphatic heterocycles. The molecule has 0 radical (unpaired) electrons. The molecule has 24 heavy (non-hydrogen) atoms. The van der Waals surface area contributed by atoms with E-state index in [-0.39, 0.29) is 18.2 Å². The van der Waals surface area contributed by atoms with Gasteiger partial charge in [0.15, 0.2) is 0 Å². The molecular formula is C16H25N3O5. The fourth-order valence-corrected chi connectivity index (χ4v) is 3.99. The normalized spacial score (nSPS) is 27.2. The van der Waals surface area contributed by atoms with Crippen LogP contribution >= 0.6 is 0 Å². The van der Waals surface area contributed by atoms with Crippen molar-refractivity contribution in [2.24, 2.45) is 5.92 Å². The van der Waals surface area contributed by atoms with Crippen molar-refractivity contribution >= 4 is 17.8 Å². The molecule has 2 N–H and O–H groups in total. The Bertz CT molecular complexity index is 510. The van der Waals surface area contributed by atoms with Crippen LogP contribution in [0.4, 0.5) is 0 Å². The summed E-state index contributed by atoms with van der Waals surface area (Å²) >= 11 is 0. The Kier molecular flexibility index (Phi) is 5.05. The first-order chi connectivity index (χ1) is 11.5. The van der Waals surface area contributed by atoms with Gasteiger partial charge in [0.1, 0.15) is 0 Å². The zero-order valence-electron chi connectivity index (χ0n) is 13.8. The first-order valence-electron chi connectivity index (χ1n) is 8.62. The lowest BCUT2D eigenvalue weighted by atomic mass is 9.77. The van der Waals surface area contributed by atoms with Crippen LogP contribution in [0.3, 0.4) is 0 Å². The largest absolute Gasteiger partial charge is 0.481 e. The van der Waals surface area contributed by atoms with Crippen LogP contribution in [0.15, 0.2) is 0 Å². The standard InChI is InChI=1S/C16H25N3O5/c20-13-11-12(15(22)23)16(17-13)2-5-19(6-3-16)14(21)1-4-18-7-9-24-10-8-18/h12H,1-11H2,(H,17,20)(H,22,23)/t12-/m0/s1. The Balaban J connectivity index is 1.50. The van der Waals surface area contributed by atoms with Crippen molar-refractivity contribution in [3.05, 3.63) is 0 Å². The van der Waals surface area contributed by atoms with E-state index in [1.165, 1.54) is 0 Å². The summed E-state index contributed by atoms with van der Waals surface area (Å²) in [6.07, 6.45) is 1.54. The molecule has 8 nitrogen and oxygen atoms in total. The van der Waals surface area contributed by atoms with Crippen LogP contribution in [0.2, 0.25) is 0 Å². The van der Waals surface area contributed by atoms with Crippen molar-refractivity contribution < 1.29 is 24.2 Å². The van der Waals surface area contributed by atoms with Crippen LogP contribution < -0.4 is 5.32 Å². The van der Waals surface area contributed by atoms with Gasteiger partial charge in [0.25, 0.3) is 0 Å². The molecule has 0 saturated carbocycles. The van der Waals surface area contributed by atoms with Gasteiger partial charge in [-0.25, -0.2) is 0 Å². The number of nitrogens with one attached hydrogen (secondary N) is 1. The number of carbonyl (C=O) groups is 3. The molecule has 0 aromatic rings. The van der Waals surface area contributed by atoms with E-state index in [1.807, 2.05) is 0 Å². The predicted octanol–water partition coefficient (Wildman–Crippen LogP) is -0.709. The fourth-order valence-electron chi connectivity index (χ4n) is 3.99. The van der Waals surface area contributed by atoms with Crippen molar-refractivity contribution in [2.45, 2.75) is 31.2 Å². The second-order valence-electron chi connectivity index (χ2n) is 6.88. The van der Waals surface area contributed by atoms with Crippen molar-refractivity contribution in [1.29, 1.82) is 0 Å². The maximum Gasteiger partial charge on any atom is 0.309 e. The Hall–Kier alpha value is -1.67. The first kappa shape index (κ1) is 17.2. The number of amides is 2. The zero-order chi connectivity index (χ0) is 17.2. The molecule has 0 unspecified atom stereocenters. The second-order valence-corrected chi connectivity index (χ2v) is 6.88. The van der Waals surface area contributed by atoms with Crippen LogP contribution in [0.25, 0.3) is 0 Å². The highest BCUT2D eigenvalue weighted by Gasteiger charge is 2.51. The minimum absolute atomic E-state index is 0.0420. The number of carbonyl (C=O) groups excluding carboxylic acids is 2. The second kappa shape index (κ2) is 7.06. The number of nitrogens with zero attached hydrogens (tertiary/aromatic N) is 2. The summed E-state index contributed by atoms with van der Waals surface area (Å²) in [5.74, 6) is -1.71. The molecule has 134 valence electrons. The van der Waals surface area contributed by atoms with Crippen LogP contribution in [0.1, 0.15) is 25.7 Å². The average molecular weight is 339 g/mol. The van der Waals surface area contributed by atoms with Crippen LogP contribution in [0, 0.1) is 5.92 Å². The van der Waals surface area contributed by atoms with Gasteiger partial charge < -0.3 is 20.1 Å². The van der Waals surface area contributed by atoms with Gasteiger partial charge in [0, 0.05) is 45.6 Å². The smallest absolute Gasteiger partial charge is 0.309 e. The summed E-state index contributed by atoms with van der Waals surface area (Å²) in [5.41, 5.74) is -0.677. The summed E-state index contributed by atoms with van der Waals surface area (Å²) in [5, 5.41) is 12.2. The van der Waals surface area contributed by atoms with E-state index in [1.54, 1.807) is 4.90 Å². The lowest BCUT2D eigenvalue weighted by molar-refractivity contribution is -0.145. The van der Waals surface area contributed by atoms with Crippen molar-refractivity contribution in [2.75, 3.05) is 45.9 Å². The quantitative estimate of drug-likeness (QED) is 0.702. The third kappa shape index (κ3) is 3.54. The molecule has 1 atom stereocenters. The first-order valence-corrected chi connectivity index (χ1v) is 8.62. The van der Waals surface area contributed by atoms with Crippen molar-refractivity contribution in [3.63, 3.8) is 0 Å². The summed E-state index contributed by atoms with van der Waals surface area (Å²) in [4.78, 5) is 39.5. The molecule has 3 fully saturated rings. The Morgan fingerprint density at radius 2 is 1.88 bits per heavy atom. The van der Waals surface area contributed by atoms with Crippen molar-refractivity contribution in [3.8, 4) is 0 Å². The summed E-state index contributed by atoms with van der Waals surface area (Å²) < 4.78 is 5.29. The highest BCUT2D eigenvalue weighted by Crippen LogP contribution is 2.37. The number of rotatable bonds is 4. The van der Waals surface area contributed by atoms with Crippen molar-refractivity contribution in [1.82, 2.24) is 15.1 Å². The number of likely N-dealkylation sites (tertiary alicyclic amines) is 1. The van der Waals surface area contributed by atoms with Gasteiger partial charge in [-0.3, -0.25) is 19.3 Å². The Morgan fingerprint density at radius 3 is 2.50 bits per heavy atom. The van der Waals surface area contributed by atoms with E-state index >= 15 is 0 Å². The molecule has 3 aliphatic rings. The Morgan fingerprint density at radius 1 is 1.21 bits per heavy atom. The van der Waals surface area contributed by atoms with Gasteiger partial charge in [0.2, 0.25) is 11.8 Å². The maximum absolute atomic E-state index is 12.4. The number of carboxylic acid groups (broad SMARTS) is 1. The number of morpholine rings is 1. The van der Waals surface area contributed by atoms with Gasteiger partial charge in [-0.15, -0.1) is 0 Å². The Labute approximate surface area is 141 Å². The number of piperidine rings is 1. The highest BCUT2D eigenvalue weighted by atomic mass is 16.5. The lowest BCUT2D eigenvalue weighted by Gasteiger charge is -2.41. The van der Waals surface area contributed by atoms with E-state index in [0.29, 0.717) is 32.4 Å². The molecule has 0 bridgehead atoms. The molecular weight excluding hydrogens is 314 g/mol. The number of aliphatic carboxylic acids is 1. The van der Waals surface area contributed by atoms with Gasteiger partial charge in [-0.05, 0) is 12.8 Å². The summed E-state index contributed by atoms with van der Waals surface area (Å²) in [6.45, 7) is 4.91. The molecule has 3 heterocycles. The molecule has 1 spiro atoms. The minimum atomic E-state index is -0.930. The molecule has 3 saturated heterocycles. The fraction of sp³-hybridized carbons (Fsp3) is 0.812. The van der Waals surface area contributed by atoms with Gasteiger partial charge in [-0.2, -0.15) is 0 Å². The van der Waals surface area contributed by atoms with Crippen LogP contribution in [0.5, 0.6) is 0 Å². The van der Waals surface area contributed by atoms with E-state index in [9.17, 15) is 19.5 Å². The van der Waals surface area contributed by atoms with Crippen LogP contribution in [-0.2, 0) is 19.1 Å². The minimum Gasteiger partial charge on any atom is -0.481 e. The SMILES string of the molecule is O=C1C[C@@H](C(=O)O)C2(CCN(C(=O)CCN3CCOCC3)CC2)N1. The molecule has 3 rings (SSSR count). The van der Waals surface area contributed by atoms with Gasteiger partial charge >= 0.3 is 5.97 Å². The van der Waals surface area contributed by atoms with E-state index in [0.717, 1.165) is 32.8 Å². The third-order valence-electron chi connectivity index (χ3n) is 5.50. The van der Waals surface area contributed by atoms with Gasteiger partial charge in [-0.1, -0.05) is 0 Å². The monoisotopic (exact) mass is 339 g/mol. The van der Waals surface area contributed by atoms with Gasteiger partial charge in [0.05, 0.1) is 24.7 Å². The summed E-state index contributed by atoms with van der Waals surface area (Å²) in [6, 6.07) is 0. The predicted molar refractivity (Wildman–Crippen MR) is 84.3 cm³/mol. The molecule has 8 heteroatoms. The maximum atomic E-state index is 12.4. The molecule has 2 amide bonds. The van der Waals surface area contributed by atoms with Crippen LogP contribution in [-0.4, -0.2) is 84.2 Å². The molecule has 0 aromatic heterocycles. The van der Waals surface area contributed by atoms with E-state index < -0.39 is 17.4 Å². The number of carboxylic acids is 1. The van der Waals surface area contributed by atoms with E-state index in [4.69, 9.17) is 4.74 Å². The molecule has 0 aliphatic carbocycles. The number of hydrogen-bond acceptors (Lipinski definition) is 5. The lowest BCUT2D eigenvalue weighted by Crippen LogP contribution is -2.56. The zero-order valence-corrected chi connectivity index (χ0v) is 13.8. The number of ether oxygens (including phenoxy) is 1.